The molecule has 20 heteroatoms. The number of carbonyl (C=O) groups is 3. The fraction of sp³-hybridized carbons (Fsp3) is 0.483. The van der Waals surface area contributed by atoms with Crippen LogP contribution in [-0.2, 0) is 73.6 Å². The summed E-state index contributed by atoms with van der Waals surface area (Å²) in [5.74, 6) is -0.0861. The van der Waals surface area contributed by atoms with E-state index in [4.69, 9.17) is 67.1 Å². The summed E-state index contributed by atoms with van der Waals surface area (Å²) in [6.45, 7) is 13.2. The molecule has 0 amide bonds. The molecule has 0 unspecified atom stereocenters. The van der Waals surface area contributed by atoms with Gasteiger partial charge < -0.3 is 52.1 Å². The predicted molar refractivity (Wildman–Crippen MR) is 290 cm³/mol. The second-order valence-corrected chi connectivity index (χ2v) is 18.4. The first kappa shape index (κ1) is 60.8. The topological polar surface area (TPSA) is 201 Å². The van der Waals surface area contributed by atoms with Gasteiger partial charge in [-0.2, -0.15) is 0 Å². The minimum atomic E-state index is -0.560. The van der Waals surface area contributed by atoms with Crippen LogP contribution in [0.3, 0.4) is 0 Å². The van der Waals surface area contributed by atoms with Gasteiger partial charge in [0.2, 0.25) is 0 Å². The summed E-state index contributed by atoms with van der Waals surface area (Å²) in [5, 5.41) is 0. The van der Waals surface area contributed by atoms with E-state index in [2.05, 4.69) is 9.80 Å². The second-order valence-electron chi connectivity index (χ2n) is 18.4. The van der Waals surface area contributed by atoms with Crippen LogP contribution >= 0.6 is 0 Å². The highest BCUT2D eigenvalue weighted by molar-refractivity contribution is 5.90. The predicted octanol–water partition coefficient (Wildman–Crippen LogP) is 6.01. The Morgan fingerprint density at radius 3 is 1.33 bits per heavy atom. The summed E-state index contributed by atoms with van der Waals surface area (Å²) >= 11 is 0. The van der Waals surface area contributed by atoms with Crippen molar-refractivity contribution in [3.8, 4) is 33.8 Å². The fourth-order valence-corrected chi connectivity index (χ4v) is 8.66. The molecule has 0 saturated heterocycles. The minimum absolute atomic E-state index is 0.0696. The van der Waals surface area contributed by atoms with Crippen LogP contribution in [0.1, 0.15) is 54.9 Å². The van der Waals surface area contributed by atoms with Crippen LogP contribution in [0.5, 0.6) is 11.5 Å². The Morgan fingerprint density at radius 2 is 0.885 bits per heavy atom. The summed E-state index contributed by atoms with van der Waals surface area (Å²) in [5.41, 5.74) is 8.57. The number of fused-ring (bicyclic) bond motifs is 2. The van der Waals surface area contributed by atoms with Crippen molar-refractivity contribution in [1.29, 1.82) is 0 Å². The van der Waals surface area contributed by atoms with Gasteiger partial charge in [0.1, 0.15) is 36.1 Å². The molecule has 0 radical (unpaired) electrons. The molecule has 2 aromatic carbocycles. The minimum Gasteiger partial charge on any atom is -0.491 e. The number of carbonyl (C=O) groups excluding carboxylic acids is 3. The third-order valence-corrected chi connectivity index (χ3v) is 12.6. The molecule has 6 rings (SSSR count). The lowest BCUT2D eigenvalue weighted by atomic mass is 9.99. The van der Waals surface area contributed by atoms with Gasteiger partial charge in [0.05, 0.1) is 117 Å². The van der Waals surface area contributed by atoms with E-state index in [1.807, 2.05) is 85.5 Å². The molecular formula is C58H76N6O14. The van der Waals surface area contributed by atoms with Crippen molar-refractivity contribution >= 4 is 17.9 Å². The summed E-state index contributed by atoms with van der Waals surface area (Å²) in [4.78, 5) is 60.5. The SMILES string of the molecule is COCCOCCOCCOc1ccc(-c2cc(CN3CCN(CC(=O)OC)Cc4cccc(n4)CN(Cc4cc(-c5ccc(OCCOCCOCCOC)cc5C)cc(C(=O)OC)n4)CC3)nc(C(=O)OC)c2)c(C)c1. The van der Waals surface area contributed by atoms with Crippen molar-refractivity contribution in [1.82, 2.24) is 29.7 Å². The molecule has 422 valence electrons. The van der Waals surface area contributed by atoms with Gasteiger partial charge >= 0.3 is 17.9 Å². The number of ether oxygens (including phenoxy) is 11. The van der Waals surface area contributed by atoms with Crippen molar-refractivity contribution in [2.45, 2.75) is 40.0 Å². The first-order chi connectivity index (χ1) is 38.0. The van der Waals surface area contributed by atoms with Crippen molar-refractivity contribution in [3.63, 3.8) is 0 Å². The van der Waals surface area contributed by atoms with Crippen molar-refractivity contribution in [3.05, 3.63) is 124 Å². The van der Waals surface area contributed by atoms with Gasteiger partial charge in [0.25, 0.3) is 0 Å². The number of rotatable bonds is 30. The highest BCUT2D eigenvalue weighted by atomic mass is 16.6. The Morgan fingerprint density at radius 1 is 0.462 bits per heavy atom. The summed E-state index contributed by atoms with van der Waals surface area (Å²) in [7, 11) is 7.33. The van der Waals surface area contributed by atoms with E-state index >= 15 is 0 Å². The monoisotopic (exact) mass is 1080 g/mol. The van der Waals surface area contributed by atoms with Crippen molar-refractivity contribution < 1.29 is 66.5 Å². The van der Waals surface area contributed by atoms with Crippen LogP contribution < -0.4 is 9.47 Å². The van der Waals surface area contributed by atoms with E-state index in [1.54, 1.807) is 26.4 Å². The number of aryl methyl sites for hydroxylation is 2. The first-order valence-corrected chi connectivity index (χ1v) is 26.1. The lowest BCUT2D eigenvalue weighted by Gasteiger charge is -2.31. The molecule has 5 aromatic rings. The lowest BCUT2D eigenvalue weighted by molar-refractivity contribution is -0.142. The zero-order chi connectivity index (χ0) is 55.5. The maximum absolute atomic E-state index is 13.2. The molecule has 0 spiro atoms. The van der Waals surface area contributed by atoms with E-state index in [0.29, 0.717) is 155 Å². The number of pyridine rings is 3. The lowest BCUT2D eigenvalue weighted by Crippen LogP contribution is -2.41. The zero-order valence-electron chi connectivity index (χ0n) is 46.3. The molecule has 3 aromatic heterocycles. The van der Waals surface area contributed by atoms with E-state index < -0.39 is 11.9 Å². The molecule has 4 heterocycles. The Labute approximate surface area is 458 Å². The van der Waals surface area contributed by atoms with E-state index in [9.17, 15) is 14.4 Å². The van der Waals surface area contributed by atoms with Crippen LogP contribution in [0.4, 0.5) is 0 Å². The molecule has 1 aliphatic rings. The van der Waals surface area contributed by atoms with Crippen LogP contribution in [0.15, 0.2) is 78.9 Å². The summed E-state index contributed by atoms with van der Waals surface area (Å²) in [6, 6.07) is 25.1. The van der Waals surface area contributed by atoms with E-state index in [-0.39, 0.29) is 23.9 Å². The molecule has 0 saturated carbocycles. The van der Waals surface area contributed by atoms with Crippen LogP contribution in [0.2, 0.25) is 0 Å². The Bertz CT molecular complexity index is 2670. The zero-order valence-corrected chi connectivity index (χ0v) is 46.3. The molecule has 0 atom stereocenters. The smallest absolute Gasteiger partial charge is 0.356 e. The molecule has 0 fully saturated rings. The number of hydrogen-bond donors (Lipinski definition) is 0. The van der Waals surface area contributed by atoms with Gasteiger partial charge in [0, 0.05) is 66.6 Å². The quantitative estimate of drug-likeness (QED) is 0.0294. The summed E-state index contributed by atoms with van der Waals surface area (Å²) < 4.78 is 59.7. The molecule has 2 bridgehead atoms. The number of esters is 3. The Balaban J connectivity index is 1.23. The second kappa shape index (κ2) is 33.1. The molecule has 78 heavy (non-hydrogen) atoms. The number of benzene rings is 2. The third kappa shape index (κ3) is 20.1. The van der Waals surface area contributed by atoms with Gasteiger partial charge in [-0.1, -0.05) is 18.2 Å². The number of methoxy groups -OCH3 is 5. The van der Waals surface area contributed by atoms with E-state index in [0.717, 1.165) is 44.8 Å². The molecular weight excluding hydrogens is 1000 g/mol. The van der Waals surface area contributed by atoms with Crippen LogP contribution in [0, 0.1) is 13.8 Å². The first-order valence-electron chi connectivity index (χ1n) is 26.1. The Kier molecular flexibility index (Phi) is 25.8. The van der Waals surface area contributed by atoms with Gasteiger partial charge in [-0.15, -0.1) is 0 Å². The number of aromatic nitrogens is 3. The largest absolute Gasteiger partial charge is 0.491 e. The van der Waals surface area contributed by atoms with Gasteiger partial charge in [-0.25, -0.2) is 19.6 Å². The molecule has 20 nitrogen and oxygen atoms in total. The number of nitrogens with zero attached hydrogens (tertiary/aromatic N) is 6. The third-order valence-electron chi connectivity index (χ3n) is 12.6. The van der Waals surface area contributed by atoms with Crippen molar-refractivity contribution in [2.24, 2.45) is 0 Å². The normalized spacial score (nSPS) is 13.6. The molecule has 1 aliphatic heterocycles. The fourth-order valence-electron chi connectivity index (χ4n) is 8.66. The van der Waals surface area contributed by atoms with Crippen LogP contribution in [0.25, 0.3) is 22.3 Å². The highest BCUT2D eigenvalue weighted by Crippen LogP contribution is 2.31. The van der Waals surface area contributed by atoms with Gasteiger partial charge in [0.15, 0.2) is 0 Å². The van der Waals surface area contributed by atoms with Gasteiger partial charge in [-0.3, -0.25) is 24.5 Å². The molecule has 0 N–H and O–H groups in total. The maximum Gasteiger partial charge on any atom is 0.356 e. The standard InChI is InChI=1S/C58H76N6O14/c1-42-31-50(77-29-27-75-25-23-73-21-19-68-3)11-13-52(42)44-33-48(60-54(35-44)57(66)71-6)39-62-15-17-63(37-46-9-8-10-47(59-46)38-64(18-16-62)41-56(65)70-5)40-49-34-45(36-55(61-49)58(67)72-7)53-14-12-51(32-43(53)2)78-30-28-76-26-24-74-22-20-69-4/h8-14,31-36H,15-30,37-41H2,1-7H3. The summed E-state index contributed by atoms with van der Waals surface area (Å²) in [6.07, 6.45) is 0. The highest BCUT2D eigenvalue weighted by Gasteiger charge is 2.22. The van der Waals surface area contributed by atoms with Gasteiger partial charge in [-0.05, 0) is 108 Å². The molecule has 0 aliphatic carbocycles. The maximum atomic E-state index is 13.2. The van der Waals surface area contributed by atoms with E-state index in [1.165, 1.54) is 21.3 Å². The Hall–Kier alpha value is -6.46. The van der Waals surface area contributed by atoms with Crippen molar-refractivity contribution in [2.75, 3.05) is 148 Å². The van der Waals surface area contributed by atoms with Crippen LogP contribution in [-0.4, -0.2) is 195 Å². The average molecular weight is 1080 g/mol. The average Bonchev–Trinajstić information content (AvgIpc) is 3.44. The number of hydrogen-bond acceptors (Lipinski definition) is 20.